The van der Waals surface area contributed by atoms with Crippen molar-refractivity contribution >= 4 is 11.6 Å². The summed E-state index contributed by atoms with van der Waals surface area (Å²) in [4.78, 5) is 9.26. The number of nitrogens with zero attached hydrogens (tertiary/aromatic N) is 2. The topological polar surface area (TPSA) is 44.2 Å². The zero-order valence-electron chi connectivity index (χ0n) is 15.2. The predicted octanol–water partition coefficient (Wildman–Crippen LogP) is 5.30. The number of hydrogen-bond donors (Lipinski definition) is 0. The van der Waals surface area contributed by atoms with Gasteiger partial charge in [-0.2, -0.15) is 4.98 Å². The first-order chi connectivity index (χ1) is 11.4. The van der Waals surface area contributed by atoms with Crippen molar-refractivity contribution in [1.29, 1.82) is 0 Å². The molecule has 24 heavy (non-hydrogen) atoms. The van der Waals surface area contributed by atoms with Crippen LogP contribution in [0.1, 0.15) is 43.5 Å². The van der Waals surface area contributed by atoms with Gasteiger partial charge in [0.2, 0.25) is 5.75 Å². The normalized spacial score (nSPS) is 11.0. The Morgan fingerprint density at radius 2 is 1.62 bits per heavy atom. The molecule has 4 nitrogen and oxygen atoms in total. The van der Waals surface area contributed by atoms with E-state index < -0.39 is 0 Å². The molecule has 130 valence electrons. The Morgan fingerprint density at radius 1 is 1.04 bits per heavy atom. The molecule has 0 aliphatic carbocycles. The summed E-state index contributed by atoms with van der Waals surface area (Å²) in [6.07, 6.45) is 1.98. The number of aryl methyl sites for hydroxylation is 3. The van der Waals surface area contributed by atoms with Crippen LogP contribution in [0.4, 0.5) is 0 Å². The molecular formula is C19H25ClN2O2. The number of benzene rings is 1. The lowest BCUT2D eigenvalue weighted by molar-refractivity contribution is 0.180. The Morgan fingerprint density at radius 3 is 2.12 bits per heavy atom. The molecule has 1 aromatic carbocycles. The van der Waals surface area contributed by atoms with E-state index in [1.807, 2.05) is 32.9 Å². The first-order valence-electron chi connectivity index (χ1n) is 8.27. The maximum Gasteiger partial charge on any atom is 0.260 e. The molecule has 0 amide bonds. The third-order valence-electron chi connectivity index (χ3n) is 4.11. The zero-order chi connectivity index (χ0) is 17.9. The van der Waals surface area contributed by atoms with E-state index >= 15 is 0 Å². The van der Waals surface area contributed by atoms with Crippen molar-refractivity contribution in [1.82, 2.24) is 9.97 Å². The molecule has 0 saturated heterocycles. The Hall–Kier alpha value is -1.81. The van der Waals surface area contributed by atoms with Gasteiger partial charge in [-0.25, -0.2) is 4.98 Å². The van der Waals surface area contributed by atoms with Gasteiger partial charge in [-0.15, -0.1) is 0 Å². The Kier molecular flexibility index (Phi) is 6.05. The molecular weight excluding hydrogens is 324 g/mol. The van der Waals surface area contributed by atoms with E-state index in [0.717, 1.165) is 35.2 Å². The fourth-order valence-corrected chi connectivity index (χ4v) is 3.13. The largest absolute Gasteiger partial charge is 0.483 e. The number of halogens is 1. The van der Waals surface area contributed by atoms with Crippen molar-refractivity contribution < 1.29 is 9.47 Å². The average Bonchev–Trinajstić information content (AvgIpc) is 2.52. The third kappa shape index (κ3) is 3.81. The Labute approximate surface area is 149 Å². The molecule has 5 heteroatoms. The highest BCUT2D eigenvalue weighted by molar-refractivity contribution is 6.30. The van der Waals surface area contributed by atoms with Crippen LogP contribution in [0.3, 0.4) is 0 Å². The van der Waals surface area contributed by atoms with Gasteiger partial charge in [0.1, 0.15) is 0 Å². The van der Waals surface area contributed by atoms with Crippen LogP contribution in [0.25, 0.3) is 11.4 Å². The lowest BCUT2D eigenvalue weighted by atomic mass is 10.0. The molecule has 0 fully saturated rings. The maximum absolute atomic E-state index is 6.13. The van der Waals surface area contributed by atoms with Crippen molar-refractivity contribution in [3.8, 4) is 23.0 Å². The second kappa shape index (κ2) is 7.84. The molecule has 0 aliphatic rings. The molecule has 1 heterocycles. The van der Waals surface area contributed by atoms with Crippen molar-refractivity contribution in [3.63, 3.8) is 0 Å². The minimum atomic E-state index is 0.131. The fourth-order valence-electron chi connectivity index (χ4n) is 2.81. The summed E-state index contributed by atoms with van der Waals surface area (Å²) in [5, 5.41) is 0.714. The summed E-state index contributed by atoms with van der Waals surface area (Å²) in [6.45, 7) is 10.1. The smallest absolute Gasteiger partial charge is 0.260 e. The van der Waals surface area contributed by atoms with Gasteiger partial charge in [0.15, 0.2) is 5.82 Å². The summed E-state index contributed by atoms with van der Waals surface area (Å²) >= 11 is 6.13. The average molecular weight is 349 g/mol. The van der Waals surface area contributed by atoms with Crippen molar-refractivity contribution in [2.45, 2.75) is 53.6 Å². The summed E-state index contributed by atoms with van der Waals surface area (Å²) in [6, 6.07) is 3.84. The number of methoxy groups -OCH3 is 1. The highest BCUT2D eigenvalue weighted by Crippen LogP contribution is 2.34. The standard InChI is InChI=1S/C19H25ClN2O2/c1-7-15(8-2)24-17-13(5)21-18(22-19(17)23-6)16-11(3)9-14(20)10-12(16)4/h9-10,15H,7-8H2,1-6H3. The van der Waals surface area contributed by atoms with Crippen LogP contribution in [-0.2, 0) is 0 Å². The van der Waals surface area contributed by atoms with Crippen LogP contribution in [0, 0.1) is 20.8 Å². The van der Waals surface area contributed by atoms with Gasteiger partial charge in [0.05, 0.1) is 18.9 Å². The highest BCUT2D eigenvalue weighted by atomic mass is 35.5. The first-order valence-corrected chi connectivity index (χ1v) is 8.65. The summed E-state index contributed by atoms with van der Waals surface area (Å²) in [7, 11) is 1.60. The van der Waals surface area contributed by atoms with Gasteiger partial charge < -0.3 is 9.47 Å². The lowest BCUT2D eigenvalue weighted by Crippen LogP contribution is -2.16. The van der Waals surface area contributed by atoms with E-state index in [2.05, 4.69) is 23.8 Å². The third-order valence-corrected chi connectivity index (χ3v) is 4.33. The minimum absolute atomic E-state index is 0.131. The first kappa shape index (κ1) is 18.5. The molecule has 0 bridgehead atoms. The van der Waals surface area contributed by atoms with E-state index in [1.54, 1.807) is 7.11 Å². The van der Waals surface area contributed by atoms with Crippen LogP contribution >= 0.6 is 11.6 Å². The Bertz CT molecular complexity index is 705. The maximum atomic E-state index is 6.13. The van der Waals surface area contributed by atoms with Crippen LogP contribution in [-0.4, -0.2) is 23.2 Å². The van der Waals surface area contributed by atoms with Gasteiger partial charge in [-0.05, 0) is 56.9 Å². The number of hydrogen-bond acceptors (Lipinski definition) is 4. The molecule has 0 aliphatic heterocycles. The number of ether oxygens (including phenoxy) is 2. The van der Waals surface area contributed by atoms with E-state index in [0.29, 0.717) is 22.5 Å². The quantitative estimate of drug-likeness (QED) is 0.710. The van der Waals surface area contributed by atoms with Crippen molar-refractivity contribution in [2.75, 3.05) is 7.11 Å². The van der Waals surface area contributed by atoms with Gasteiger partial charge in [0, 0.05) is 10.6 Å². The SMILES string of the molecule is CCC(CC)Oc1c(C)nc(-c2c(C)cc(Cl)cc2C)nc1OC. The number of aromatic nitrogens is 2. The van der Waals surface area contributed by atoms with E-state index in [-0.39, 0.29) is 6.10 Å². The molecule has 2 aromatic rings. The predicted molar refractivity (Wildman–Crippen MR) is 98.2 cm³/mol. The van der Waals surface area contributed by atoms with Crippen molar-refractivity contribution in [3.05, 3.63) is 34.0 Å². The number of rotatable bonds is 6. The van der Waals surface area contributed by atoms with Gasteiger partial charge in [-0.1, -0.05) is 25.4 Å². The second-order valence-corrected chi connectivity index (χ2v) is 6.38. The molecule has 0 N–H and O–H groups in total. The molecule has 0 radical (unpaired) electrons. The molecule has 2 rings (SSSR count). The lowest BCUT2D eigenvalue weighted by Gasteiger charge is -2.19. The monoisotopic (exact) mass is 348 g/mol. The minimum Gasteiger partial charge on any atom is -0.483 e. The summed E-state index contributed by atoms with van der Waals surface area (Å²) in [5.41, 5.74) is 3.83. The van der Waals surface area contributed by atoms with E-state index in [9.17, 15) is 0 Å². The van der Waals surface area contributed by atoms with E-state index in [1.165, 1.54) is 0 Å². The molecule has 0 unspecified atom stereocenters. The van der Waals surface area contributed by atoms with Gasteiger partial charge >= 0.3 is 0 Å². The van der Waals surface area contributed by atoms with E-state index in [4.69, 9.17) is 21.1 Å². The van der Waals surface area contributed by atoms with Gasteiger partial charge in [0.25, 0.3) is 5.88 Å². The van der Waals surface area contributed by atoms with Gasteiger partial charge in [-0.3, -0.25) is 0 Å². The van der Waals surface area contributed by atoms with Crippen LogP contribution in [0.15, 0.2) is 12.1 Å². The molecule has 0 saturated carbocycles. The Balaban J connectivity index is 2.54. The molecule has 0 atom stereocenters. The molecule has 0 spiro atoms. The van der Waals surface area contributed by atoms with Crippen LogP contribution in [0.5, 0.6) is 11.6 Å². The van der Waals surface area contributed by atoms with Crippen LogP contribution in [0.2, 0.25) is 5.02 Å². The van der Waals surface area contributed by atoms with Crippen LogP contribution < -0.4 is 9.47 Å². The zero-order valence-corrected chi connectivity index (χ0v) is 16.0. The second-order valence-electron chi connectivity index (χ2n) is 5.94. The summed E-state index contributed by atoms with van der Waals surface area (Å²) in [5.74, 6) is 1.73. The summed E-state index contributed by atoms with van der Waals surface area (Å²) < 4.78 is 11.5. The van der Waals surface area contributed by atoms with Crippen molar-refractivity contribution in [2.24, 2.45) is 0 Å². The fraction of sp³-hybridized carbons (Fsp3) is 0.474. The highest BCUT2D eigenvalue weighted by Gasteiger charge is 2.19. The molecule has 1 aromatic heterocycles.